The molecule has 11 heteroatoms. The quantitative estimate of drug-likeness (QED) is 0.458. The van der Waals surface area contributed by atoms with Gasteiger partial charge in [0.05, 0.1) is 29.8 Å². The zero-order valence-corrected chi connectivity index (χ0v) is 18.7. The summed E-state index contributed by atoms with van der Waals surface area (Å²) in [7, 11) is -3.88. The molecule has 0 bridgehead atoms. The van der Waals surface area contributed by atoms with E-state index in [1.807, 2.05) is 0 Å². The fourth-order valence-electron chi connectivity index (χ4n) is 3.42. The molecule has 0 saturated carbocycles. The van der Waals surface area contributed by atoms with Gasteiger partial charge in [-0.15, -0.1) is 0 Å². The van der Waals surface area contributed by atoms with Crippen LogP contribution in [0.3, 0.4) is 0 Å². The van der Waals surface area contributed by atoms with Crippen LogP contribution in [0, 0.1) is 5.82 Å². The smallest absolute Gasteiger partial charge is 0.319 e. The number of rotatable bonds is 8. The van der Waals surface area contributed by atoms with E-state index in [0.29, 0.717) is 36.5 Å². The van der Waals surface area contributed by atoms with Crippen molar-refractivity contribution in [2.45, 2.75) is 42.4 Å². The van der Waals surface area contributed by atoms with E-state index in [1.165, 1.54) is 12.1 Å². The van der Waals surface area contributed by atoms with Crippen LogP contribution in [0.15, 0.2) is 53.4 Å². The van der Waals surface area contributed by atoms with Gasteiger partial charge in [-0.05, 0) is 67.8 Å². The maximum Gasteiger partial charge on any atom is 0.319 e. The molecular formula is C21H25ClFN3O5S. The zero-order valence-electron chi connectivity index (χ0n) is 17.1. The predicted molar refractivity (Wildman–Crippen MR) is 119 cm³/mol. The highest BCUT2D eigenvalue weighted by atomic mass is 35.5. The number of ether oxygens (including phenoxy) is 1. The molecule has 3 rings (SSSR count). The number of sulfonamides is 1. The first kappa shape index (κ1) is 24.4. The van der Waals surface area contributed by atoms with Crippen LogP contribution < -0.4 is 15.4 Å². The Morgan fingerprint density at radius 1 is 1.12 bits per heavy atom. The molecular weight excluding hydrogens is 461 g/mol. The average molecular weight is 486 g/mol. The van der Waals surface area contributed by atoms with E-state index >= 15 is 0 Å². The van der Waals surface area contributed by atoms with Crippen LogP contribution in [0.1, 0.15) is 19.3 Å². The molecule has 32 heavy (non-hydrogen) atoms. The minimum absolute atomic E-state index is 0.0615. The minimum Gasteiger partial charge on any atom is -0.394 e. The molecule has 8 nitrogen and oxygen atoms in total. The number of anilines is 1. The van der Waals surface area contributed by atoms with Gasteiger partial charge in [-0.1, -0.05) is 11.6 Å². The number of benzene rings is 2. The summed E-state index contributed by atoms with van der Waals surface area (Å²) in [5.41, 5.74) is 0.609. The van der Waals surface area contributed by atoms with Gasteiger partial charge in [0.15, 0.2) is 0 Å². The molecule has 0 unspecified atom stereocenters. The Morgan fingerprint density at radius 2 is 1.81 bits per heavy atom. The van der Waals surface area contributed by atoms with Gasteiger partial charge in [0, 0.05) is 17.3 Å². The number of hydrogen-bond acceptors (Lipinski definition) is 5. The van der Waals surface area contributed by atoms with Crippen LogP contribution in [-0.2, 0) is 14.8 Å². The Bertz CT molecular complexity index is 1010. The molecule has 1 saturated heterocycles. The topological polar surface area (TPSA) is 117 Å². The maximum atomic E-state index is 13.1. The Morgan fingerprint density at radius 3 is 2.47 bits per heavy atom. The maximum absolute atomic E-state index is 13.1. The van der Waals surface area contributed by atoms with Crippen molar-refractivity contribution >= 4 is 33.3 Å². The van der Waals surface area contributed by atoms with Gasteiger partial charge in [-0.25, -0.2) is 22.3 Å². The number of aliphatic hydroxyl groups excluding tert-OH is 1. The van der Waals surface area contributed by atoms with Gasteiger partial charge >= 0.3 is 6.03 Å². The van der Waals surface area contributed by atoms with Gasteiger partial charge in [0.2, 0.25) is 10.0 Å². The third-order valence-corrected chi connectivity index (χ3v) is 6.84. The number of halogens is 2. The van der Waals surface area contributed by atoms with E-state index in [1.54, 1.807) is 24.3 Å². The minimum atomic E-state index is -3.88. The summed E-state index contributed by atoms with van der Waals surface area (Å²) in [6.45, 7) is -0.0220. The predicted octanol–water partition coefficient (Wildman–Crippen LogP) is 2.88. The highest BCUT2D eigenvalue weighted by molar-refractivity contribution is 7.89. The van der Waals surface area contributed by atoms with Crippen molar-refractivity contribution in [2.24, 2.45) is 0 Å². The zero-order chi connectivity index (χ0) is 23.1. The Hall–Kier alpha value is -2.24. The van der Waals surface area contributed by atoms with Crippen molar-refractivity contribution in [2.75, 3.05) is 18.5 Å². The van der Waals surface area contributed by atoms with Crippen molar-refractivity contribution in [3.8, 4) is 0 Å². The molecule has 174 valence electrons. The number of hydrogen-bond donors (Lipinski definition) is 4. The van der Waals surface area contributed by atoms with Crippen molar-refractivity contribution < 1.29 is 27.4 Å². The van der Waals surface area contributed by atoms with Gasteiger partial charge < -0.3 is 20.5 Å². The molecule has 2 aromatic rings. The number of carbonyl (C=O) groups is 1. The fraction of sp³-hybridized carbons (Fsp3) is 0.381. The lowest BCUT2D eigenvalue weighted by Gasteiger charge is -2.36. The van der Waals surface area contributed by atoms with E-state index in [-0.39, 0.29) is 23.6 Å². The average Bonchev–Trinajstić information content (AvgIpc) is 2.76. The van der Waals surface area contributed by atoms with Crippen molar-refractivity contribution in [3.63, 3.8) is 0 Å². The molecule has 1 aliphatic rings. The molecule has 4 N–H and O–H groups in total. The van der Waals surface area contributed by atoms with Crippen LogP contribution >= 0.6 is 11.6 Å². The summed E-state index contributed by atoms with van der Waals surface area (Å²) >= 11 is 5.81. The van der Waals surface area contributed by atoms with Gasteiger partial charge in [0.25, 0.3) is 0 Å². The third kappa shape index (κ3) is 6.88. The van der Waals surface area contributed by atoms with E-state index in [0.717, 1.165) is 12.1 Å². The van der Waals surface area contributed by atoms with Gasteiger partial charge in [0.1, 0.15) is 5.82 Å². The second-order valence-electron chi connectivity index (χ2n) is 7.41. The van der Waals surface area contributed by atoms with Crippen LogP contribution in [0.4, 0.5) is 14.9 Å². The lowest BCUT2D eigenvalue weighted by Crippen LogP contribution is -2.51. The summed E-state index contributed by atoms with van der Waals surface area (Å²) in [5.74, 6) is -0.531. The lowest BCUT2D eigenvalue weighted by atomic mass is 9.98. The monoisotopic (exact) mass is 485 g/mol. The fourth-order valence-corrected chi connectivity index (χ4v) is 4.84. The van der Waals surface area contributed by atoms with E-state index in [2.05, 4.69) is 15.4 Å². The molecule has 2 amide bonds. The number of amides is 2. The summed E-state index contributed by atoms with van der Waals surface area (Å²) < 4.78 is 46.5. The number of carbonyl (C=O) groups excluding carboxylic acids is 1. The molecule has 0 spiro atoms. The highest BCUT2D eigenvalue weighted by Crippen LogP contribution is 2.23. The SMILES string of the molecule is O=C(NCC[C@H]1CC[C@@H](NS(=O)(=O)c2ccc(F)cc2)[C@H](CO)O1)Nc1ccc(Cl)cc1. The molecule has 2 aromatic carbocycles. The van der Waals surface area contributed by atoms with Crippen molar-refractivity contribution in [1.82, 2.24) is 10.0 Å². The van der Waals surface area contributed by atoms with Crippen molar-refractivity contribution in [1.29, 1.82) is 0 Å². The Kier molecular flexibility index (Phi) is 8.44. The van der Waals surface area contributed by atoms with Gasteiger partial charge in [-0.2, -0.15) is 0 Å². The van der Waals surface area contributed by atoms with Crippen LogP contribution in [-0.4, -0.2) is 51.0 Å². The molecule has 1 aliphatic heterocycles. The number of nitrogens with one attached hydrogen (secondary N) is 3. The standard InChI is InChI=1S/C21H25ClFN3O5S/c22-14-1-5-16(6-2-14)25-21(28)24-12-11-17-7-10-19(20(13-27)31-17)26-32(29,30)18-8-3-15(23)4-9-18/h1-6,8-9,17,19-20,26-27H,7,10-13H2,(H2,24,25,28)/t17-,19-,20+/m1/s1. The molecule has 1 fully saturated rings. The highest BCUT2D eigenvalue weighted by Gasteiger charge is 2.33. The Balaban J connectivity index is 1.46. The summed E-state index contributed by atoms with van der Waals surface area (Å²) in [4.78, 5) is 11.9. The van der Waals surface area contributed by atoms with Crippen LogP contribution in [0.2, 0.25) is 5.02 Å². The van der Waals surface area contributed by atoms with E-state index in [9.17, 15) is 22.7 Å². The van der Waals surface area contributed by atoms with E-state index < -0.39 is 28.0 Å². The molecule has 3 atom stereocenters. The number of aliphatic hydroxyl groups is 1. The largest absolute Gasteiger partial charge is 0.394 e. The first-order valence-electron chi connectivity index (χ1n) is 10.1. The molecule has 0 aliphatic carbocycles. The lowest BCUT2D eigenvalue weighted by molar-refractivity contribution is -0.0871. The van der Waals surface area contributed by atoms with Crippen molar-refractivity contribution in [3.05, 3.63) is 59.4 Å². The number of urea groups is 1. The summed E-state index contributed by atoms with van der Waals surface area (Å²) in [5, 5.41) is 15.7. The second-order valence-corrected chi connectivity index (χ2v) is 9.57. The van der Waals surface area contributed by atoms with E-state index in [4.69, 9.17) is 16.3 Å². The Labute approximate surface area is 191 Å². The molecule has 1 heterocycles. The summed E-state index contributed by atoms with van der Waals surface area (Å²) in [6, 6.07) is 10.2. The third-order valence-electron chi connectivity index (χ3n) is 5.08. The first-order valence-corrected chi connectivity index (χ1v) is 12.0. The first-order chi connectivity index (χ1) is 15.3. The normalized spacial score (nSPS) is 21.2. The summed E-state index contributed by atoms with van der Waals surface area (Å²) in [6.07, 6.45) is 0.532. The molecule has 0 aromatic heterocycles. The van der Waals surface area contributed by atoms with Gasteiger partial charge in [-0.3, -0.25) is 0 Å². The second kappa shape index (κ2) is 11.1. The van der Waals surface area contributed by atoms with Crippen LogP contribution in [0.25, 0.3) is 0 Å². The van der Waals surface area contributed by atoms with Crippen LogP contribution in [0.5, 0.6) is 0 Å². The molecule has 0 radical (unpaired) electrons.